The summed E-state index contributed by atoms with van der Waals surface area (Å²) in [6.07, 6.45) is 0.140. The van der Waals surface area contributed by atoms with E-state index in [2.05, 4.69) is 36.9 Å². The van der Waals surface area contributed by atoms with Crippen molar-refractivity contribution in [3.8, 4) is 5.75 Å². The normalized spacial score (nSPS) is 10.7. The van der Waals surface area contributed by atoms with Crippen LogP contribution in [0, 0.1) is 0 Å². The van der Waals surface area contributed by atoms with Crippen LogP contribution in [0.15, 0.2) is 22.7 Å². The van der Waals surface area contributed by atoms with Crippen molar-refractivity contribution in [1.82, 2.24) is 20.3 Å². The van der Waals surface area contributed by atoms with Gasteiger partial charge in [0.2, 0.25) is 0 Å². The van der Waals surface area contributed by atoms with Crippen LogP contribution in [-0.2, 0) is 6.54 Å². The van der Waals surface area contributed by atoms with Crippen LogP contribution in [0.25, 0.3) is 0 Å². The molecule has 2 rings (SSSR count). The third-order valence-electron chi connectivity index (χ3n) is 2.29. The second-order valence-electron chi connectivity index (χ2n) is 4.22. The van der Waals surface area contributed by atoms with Gasteiger partial charge < -0.3 is 15.9 Å². The molecule has 1 aromatic carbocycles. The lowest BCUT2D eigenvalue weighted by Gasteiger charge is -2.13. The molecule has 0 unspecified atom stereocenters. The molecule has 0 saturated carbocycles. The monoisotopic (exact) mass is 326 g/mol. The number of nitrogens with two attached hydrogens (primary N) is 1. The largest absolute Gasteiger partial charge is 0.490 e. The van der Waals surface area contributed by atoms with Gasteiger partial charge in [-0.2, -0.15) is 0 Å². The average Bonchev–Trinajstić information content (AvgIpc) is 2.75. The van der Waals surface area contributed by atoms with E-state index in [0.29, 0.717) is 6.54 Å². The number of benzene rings is 1. The Bertz CT molecular complexity index is 556. The Morgan fingerprint density at radius 2 is 2.26 bits per heavy atom. The Hall–Kier alpha value is -1.83. The van der Waals surface area contributed by atoms with Gasteiger partial charge in [-0.1, -0.05) is 11.2 Å². The SMILES string of the molecule is CC(C)Oc1ccc(CNn2nnnc2N)cc1Br. The lowest BCUT2D eigenvalue weighted by Crippen LogP contribution is -2.18. The molecule has 2 aromatic rings. The Morgan fingerprint density at radius 1 is 1.47 bits per heavy atom. The molecule has 0 spiro atoms. The molecule has 0 saturated heterocycles. The Kier molecular flexibility index (Phi) is 4.20. The summed E-state index contributed by atoms with van der Waals surface area (Å²) in [5, 5.41) is 10.7. The summed E-state index contributed by atoms with van der Waals surface area (Å²) >= 11 is 3.48. The topological polar surface area (TPSA) is 90.9 Å². The Morgan fingerprint density at radius 3 is 2.84 bits per heavy atom. The zero-order chi connectivity index (χ0) is 13.8. The van der Waals surface area contributed by atoms with Crippen molar-refractivity contribution < 1.29 is 4.74 Å². The van der Waals surface area contributed by atoms with E-state index in [1.165, 1.54) is 4.79 Å². The summed E-state index contributed by atoms with van der Waals surface area (Å²) in [5.41, 5.74) is 9.59. The highest BCUT2D eigenvalue weighted by Gasteiger charge is 2.05. The van der Waals surface area contributed by atoms with Gasteiger partial charge in [-0.3, -0.25) is 0 Å². The first-order valence-electron chi connectivity index (χ1n) is 5.79. The van der Waals surface area contributed by atoms with Gasteiger partial charge in [-0.25, -0.2) is 0 Å². The van der Waals surface area contributed by atoms with Crippen molar-refractivity contribution in [2.45, 2.75) is 26.5 Å². The molecule has 0 aliphatic carbocycles. The number of anilines is 1. The fourth-order valence-corrected chi connectivity index (χ4v) is 2.00. The van der Waals surface area contributed by atoms with Gasteiger partial charge in [0.05, 0.1) is 17.1 Å². The Balaban J connectivity index is 2.02. The maximum Gasteiger partial charge on any atom is 0.260 e. The van der Waals surface area contributed by atoms with E-state index in [0.717, 1.165) is 15.8 Å². The van der Waals surface area contributed by atoms with Crippen LogP contribution in [0.2, 0.25) is 0 Å². The van der Waals surface area contributed by atoms with Gasteiger partial charge in [-0.05, 0) is 57.9 Å². The molecule has 1 heterocycles. The molecule has 102 valence electrons. The number of nitrogen functional groups attached to an aromatic ring is 1. The molecule has 0 aliphatic rings. The van der Waals surface area contributed by atoms with Crippen molar-refractivity contribution in [3.05, 3.63) is 28.2 Å². The van der Waals surface area contributed by atoms with Gasteiger partial charge in [0.15, 0.2) is 0 Å². The molecule has 0 radical (unpaired) electrons. The molecule has 8 heteroatoms. The first kappa shape index (κ1) is 13.6. The van der Waals surface area contributed by atoms with E-state index in [1.54, 1.807) is 0 Å². The smallest absolute Gasteiger partial charge is 0.260 e. The average molecular weight is 327 g/mol. The maximum absolute atomic E-state index is 5.64. The minimum absolute atomic E-state index is 0.140. The lowest BCUT2D eigenvalue weighted by molar-refractivity contribution is 0.241. The molecule has 0 bridgehead atoms. The highest BCUT2D eigenvalue weighted by atomic mass is 79.9. The van der Waals surface area contributed by atoms with Crippen LogP contribution >= 0.6 is 15.9 Å². The number of nitrogens with one attached hydrogen (secondary N) is 1. The van der Waals surface area contributed by atoms with Crippen LogP contribution in [0.3, 0.4) is 0 Å². The van der Waals surface area contributed by atoms with Gasteiger partial charge in [0.25, 0.3) is 5.95 Å². The number of halogens is 1. The molecule has 0 fully saturated rings. The van der Waals surface area contributed by atoms with E-state index in [-0.39, 0.29) is 12.1 Å². The third kappa shape index (κ3) is 3.57. The highest BCUT2D eigenvalue weighted by molar-refractivity contribution is 9.10. The van der Waals surface area contributed by atoms with E-state index in [1.807, 2.05) is 32.0 Å². The number of aromatic nitrogens is 4. The van der Waals surface area contributed by atoms with E-state index >= 15 is 0 Å². The minimum Gasteiger partial charge on any atom is -0.490 e. The summed E-state index contributed by atoms with van der Waals surface area (Å²) in [6, 6.07) is 5.87. The second kappa shape index (κ2) is 5.87. The summed E-state index contributed by atoms with van der Waals surface area (Å²) in [6.45, 7) is 4.53. The Labute approximate surface area is 119 Å². The molecular weight excluding hydrogens is 312 g/mol. The number of tetrazole rings is 1. The predicted molar refractivity (Wildman–Crippen MR) is 75.2 cm³/mol. The lowest BCUT2D eigenvalue weighted by atomic mass is 10.2. The standard InChI is InChI=1S/C11H15BrN6O/c1-7(2)19-10-4-3-8(5-9(10)12)6-14-18-11(13)15-16-17-18/h3-5,7,14H,6H2,1-2H3,(H2,13,15,17). The van der Waals surface area contributed by atoms with E-state index < -0.39 is 0 Å². The van der Waals surface area contributed by atoms with Crippen molar-refractivity contribution in [1.29, 1.82) is 0 Å². The fraction of sp³-hybridized carbons (Fsp3) is 0.364. The molecule has 1 aromatic heterocycles. The van der Waals surface area contributed by atoms with Crippen molar-refractivity contribution in [2.24, 2.45) is 0 Å². The first-order chi connectivity index (χ1) is 9.06. The van der Waals surface area contributed by atoms with Gasteiger partial charge in [0, 0.05) is 0 Å². The van der Waals surface area contributed by atoms with E-state index in [4.69, 9.17) is 10.5 Å². The first-order valence-corrected chi connectivity index (χ1v) is 6.58. The summed E-state index contributed by atoms with van der Waals surface area (Å²) in [5.74, 6) is 1.04. The third-order valence-corrected chi connectivity index (χ3v) is 2.91. The predicted octanol–water partition coefficient (Wildman–Crippen LogP) is 1.55. The van der Waals surface area contributed by atoms with Crippen LogP contribution in [0.4, 0.5) is 5.95 Å². The number of hydrogen-bond acceptors (Lipinski definition) is 6. The zero-order valence-electron chi connectivity index (χ0n) is 10.7. The molecule has 0 amide bonds. The maximum atomic E-state index is 5.64. The number of nitrogens with zero attached hydrogens (tertiary/aromatic N) is 4. The fourth-order valence-electron chi connectivity index (χ4n) is 1.48. The van der Waals surface area contributed by atoms with Crippen molar-refractivity contribution in [2.75, 3.05) is 11.2 Å². The van der Waals surface area contributed by atoms with Crippen LogP contribution in [-0.4, -0.2) is 26.4 Å². The van der Waals surface area contributed by atoms with Crippen LogP contribution < -0.4 is 15.9 Å². The second-order valence-corrected chi connectivity index (χ2v) is 5.07. The molecule has 19 heavy (non-hydrogen) atoms. The van der Waals surface area contributed by atoms with Gasteiger partial charge in [-0.15, -0.1) is 4.79 Å². The van der Waals surface area contributed by atoms with Crippen LogP contribution in [0.1, 0.15) is 19.4 Å². The van der Waals surface area contributed by atoms with Crippen molar-refractivity contribution in [3.63, 3.8) is 0 Å². The molecule has 0 aliphatic heterocycles. The number of ether oxygens (including phenoxy) is 1. The van der Waals surface area contributed by atoms with Gasteiger partial charge >= 0.3 is 0 Å². The van der Waals surface area contributed by atoms with Crippen LogP contribution in [0.5, 0.6) is 5.75 Å². The minimum atomic E-state index is 0.140. The molecule has 7 nitrogen and oxygen atoms in total. The molecular formula is C11H15BrN6O. The highest BCUT2D eigenvalue weighted by Crippen LogP contribution is 2.26. The number of hydrogen-bond donors (Lipinski definition) is 2. The molecule has 0 atom stereocenters. The van der Waals surface area contributed by atoms with E-state index in [9.17, 15) is 0 Å². The summed E-state index contributed by atoms with van der Waals surface area (Å²) in [7, 11) is 0. The summed E-state index contributed by atoms with van der Waals surface area (Å²) < 4.78 is 6.55. The zero-order valence-corrected chi connectivity index (χ0v) is 12.3. The van der Waals surface area contributed by atoms with Crippen molar-refractivity contribution >= 4 is 21.9 Å². The van der Waals surface area contributed by atoms with Gasteiger partial charge in [0.1, 0.15) is 5.75 Å². The summed E-state index contributed by atoms with van der Waals surface area (Å²) in [4.78, 5) is 1.33. The molecule has 3 N–H and O–H groups in total. The quantitative estimate of drug-likeness (QED) is 0.866. The number of rotatable bonds is 5.